The molecule has 2 aromatic rings. The smallest absolute Gasteiger partial charge is 0.332 e. The van der Waals surface area contributed by atoms with Crippen LogP contribution < -0.4 is 21.9 Å². The summed E-state index contributed by atoms with van der Waals surface area (Å²) in [7, 11) is 3.37. The number of aromatic nitrogens is 2. The Morgan fingerprint density at radius 3 is 2.73 bits per heavy atom. The normalized spacial score (nSPS) is 17.3. The van der Waals surface area contributed by atoms with Gasteiger partial charge in [-0.2, -0.15) is 0 Å². The highest BCUT2D eigenvalue weighted by molar-refractivity contribution is 5.45. The molecule has 3 rings (SSSR count). The highest BCUT2D eigenvalue weighted by Gasteiger charge is 2.22. The van der Waals surface area contributed by atoms with Crippen molar-refractivity contribution in [3.05, 3.63) is 56.7 Å². The van der Waals surface area contributed by atoms with Crippen molar-refractivity contribution in [1.82, 2.24) is 9.13 Å². The Morgan fingerprint density at radius 2 is 2.04 bits per heavy atom. The molecule has 0 saturated carbocycles. The van der Waals surface area contributed by atoms with Gasteiger partial charge >= 0.3 is 5.69 Å². The fourth-order valence-corrected chi connectivity index (χ4v) is 3.47. The number of hydrogen-bond donors (Lipinski definition) is 1. The molecule has 0 radical (unpaired) electrons. The van der Waals surface area contributed by atoms with Crippen LogP contribution in [0.25, 0.3) is 0 Å². The maximum atomic E-state index is 12.9. The zero-order valence-corrected chi connectivity index (χ0v) is 15.4. The molecule has 1 atom stereocenters. The third-order valence-corrected chi connectivity index (χ3v) is 4.89. The highest BCUT2D eigenvalue weighted by atomic mass is 16.2. The average Bonchev–Trinajstić information content (AvgIpc) is 2.62. The van der Waals surface area contributed by atoms with E-state index in [4.69, 9.17) is 5.73 Å². The molecule has 2 N–H and O–H groups in total. The third kappa shape index (κ3) is 3.48. The van der Waals surface area contributed by atoms with E-state index in [0.29, 0.717) is 18.9 Å². The number of piperidine rings is 1. The average molecular weight is 356 g/mol. The van der Waals surface area contributed by atoms with E-state index in [1.54, 1.807) is 9.14 Å². The maximum Gasteiger partial charge on any atom is 0.332 e. The van der Waals surface area contributed by atoms with Crippen molar-refractivity contribution in [2.24, 2.45) is 12.8 Å². The number of benzene rings is 1. The molecule has 26 heavy (non-hydrogen) atoms. The summed E-state index contributed by atoms with van der Waals surface area (Å²) < 4.78 is 4.57. The van der Waals surface area contributed by atoms with Crippen LogP contribution in [0.4, 0.5) is 11.5 Å². The van der Waals surface area contributed by atoms with Gasteiger partial charge in [-0.3, -0.25) is 13.9 Å². The first kappa shape index (κ1) is 18.1. The Bertz CT molecular complexity index is 944. The van der Waals surface area contributed by atoms with E-state index in [1.165, 1.54) is 13.1 Å². The number of nitrogens with zero attached hydrogens (tertiary/aromatic N) is 4. The molecule has 0 spiro atoms. The summed E-state index contributed by atoms with van der Waals surface area (Å²) >= 11 is 0. The molecule has 0 bridgehead atoms. The van der Waals surface area contributed by atoms with Crippen molar-refractivity contribution in [3.8, 4) is 0 Å². The summed E-state index contributed by atoms with van der Waals surface area (Å²) in [6.45, 7) is 5.75. The van der Waals surface area contributed by atoms with E-state index in [1.807, 2.05) is 36.2 Å². The first-order chi connectivity index (χ1) is 12.4. The van der Waals surface area contributed by atoms with Crippen LogP contribution in [0.1, 0.15) is 18.4 Å². The number of rotatable bonds is 4. The van der Waals surface area contributed by atoms with E-state index < -0.39 is 0 Å². The van der Waals surface area contributed by atoms with Gasteiger partial charge in [0, 0.05) is 43.9 Å². The van der Waals surface area contributed by atoms with Gasteiger partial charge in [0.25, 0.3) is 5.56 Å². The van der Waals surface area contributed by atoms with Crippen molar-refractivity contribution in [2.75, 3.05) is 25.0 Å². The third-order valence-electron chi connectivity index (χ3n) is 4.89. The van der Waals surface area contributed by atoms with Gasteiger partial charge in [-0.1, -0.05) is 18.2 Å². The number of hydrogen-bond acceptors (Lipinski definition) is 4. The molecule has 138 valence electrons. The Labute approximate surface area is 152 Å². The van der Waals surface area contributed by atoms with Gasteiger partial charge < -0.3 is 10.6 Å². The maximum absolute atomic E-state index is 12.9. The Balaban J connectivity index is 2.12. The molecule has 1 aromatic carbocycles. The zero-order valence-electron chi connectivity index (χ0n) is 15.4. The number of para-hydroxylation sites is 1. The van der Waals surface area contributed by atoms with Gasteiger partial charge in [-0.15, -0.1) is 0 Å². The first-order valence-corrected chi connectivity index (χ1v) is 8.82. The zero-order chi connectivity index (χ0) is 18.8. The molecule has 1 saturated heterocycles. The standard InChI is InChI=1S/C19H26N5O2/c1-21(2)16-9-5-4-7-14(16)12-24-17(11-18(25)22(3)19(24)26)23-10-6-8-15(20)13-23/h4-5,7,9,11,15H,1,6,8,10,12-13,20H2,2-3H3/q+1. The highest BCUT2D eigenvalue weighted by Crippen LogP contribution is 2.22. The number of anilines is 1. The van der Waals surface area contributed by atoms with Gasteiger partial charge in [0.05, 0.1) is 6.54 Å². The van der Waals surface area contributed by atoms with Crippen molar-refractivity contribution >= 4 is 18.2 Å². The molecule has 1 aliphatic rings. The molecule has 1 unspecified atom stereocenters. The lowest BCUT2D eigenvalue weighted by Gasteiger charge is -2.34. The second-order valence-corrected chi connectivity index (χ2v) is 6.94. The molecule has 1 aliphatic heterocycles. The Morgan fingerprint density at radius 1 is 1.31 bits per heavy atom. The SMILES string of the molecule is C=[N+](C)c1ccccc1Cn1c(N2CCCC(N)C2)cc(=O)n(C)c1=O. The van der Waals surface area contributed by atoms with Crippen LogP contribution in [0.15, 0.2) is 39.9 Å². The van der Waals surface area contributed by atoms with Crippen LogP contribution in [-0.2, 0) is 13.6 Å². The summed E-state index contributed by atoms with van der Waals surface area (Å²) in [5.74, 6) is 0.634. The van der Waals surface area contributed by atoms with Crippen molar-refractivity contribution in [2.45, 2.75) is 25.4 Å². The van der Waals surface area contributed by atoms with Gasteiger partial charge in [0.15, 0.2) is 0 Å². The summed E-state index contributed by atoms with van der Waals surface area (Å²) in [4.78, 5) is 27.1. The topological polar surface area (TPSA) is 76.3 Å². The van der Waals surface area contributed by atoms with Gasteiger partial charge in [-0.25, -0.2) is 9.37 Å². The van der Waals surface area contributed by atoms with E-state index in [-0.39, 0.29) is 17.3 Å². The second kappa shape index (κ2) is 7.29. The van der Waals surface area contributed by atoms with E-state index in [2.05, 4.69) is 6.72 Å². The molecule has 7 nitrogen and oxygen atoms in total. The summed E-state index contributed by atoms with van der Waals surface area (Å²) in [5, 5.41) is 0. The van der Waals surface area contributed by atoms with Crippen LogP contribution in [0.5, 0.6) is 0 Å². The predicted molar refractivity (Wildman–Crippen MR) is 104 cm³/mol. The van der Waals surface area contributed by atoms with Crippen LogP contribution in [0, 0.1) is 0 Å². The molecule has 1 aromatic heterocycles. The van der Waals surface area contributed by atoms with Gasteiger partial charge in [-0.05, 0) is 12.8 Å². The van der Waals surface area contributed by atoms with Crippen LogP contribution in [0.3, 0.4) is 0 Å². The summed E-state index contributed by atoms with van der Waals surface area (Å²) in [6, 6.07) is 9.40. The van der Waals surface area contributed by atoms with E-state index in [0.717, 1.165) is 35.2 Å². The fraction of sp³-hybridized carbons (Fsp3) is 0.421. The number of nitrogens with two attached hydrogens (primary N) is 1. The lowest BCUT2D eigenvalue weighted by Crippen LogP contribution is -2.47. The monoisotopic (exact) mass is 356 g/mol. The molecule has 0 amide bonds. The lowest BCUT2D eigenvalue weighted by molar-refractivity contribution is -0.395. The molecule has 2 heterocycles. The molecular weight excluding hydrogens is 330 g/mol. The quantitative estimate of drug-likeness (QED) is 0.639. The molecule has 0 aliphatic carbocycles. The van der Waals surface area contributed by atoms with Crippen LogP contribution >= 0.6 is 0 Å². The minimum Gasteiger partial charge on any atom is -0.356 e. The van der Waals surface area contributed by atoms with Crippen LogP contribution in [-0.4, -0.2) is 46.6 Å². The van der Waals surface area contributed by atoms with Crippen molar-refractivity contribution < 1.29 is 4.58 Å². The van der Waals surface area contributed by atoms with Gasteiger partial charge in [0.1, 0.15) is 19.6 Å². The van der Waals surface area contributed by atoms with Crippen molar-refractivity contribution in [1.29, 1.82) is 0 Å². The van der Waals surface area contributed by atoms with E-state index in [9.17, 15) is 9.59 Å². The minimum atomic E-state index is -0.326. The van der Waals surface area contributed by atoms with Gasteiger partial charge in [0.2, 0.25) is 5.69 Å². The molecule has 7 heteroatoms. The van der Waals surface area contributed by atoms with Crippen molar-refractivity contribution in [3.63, 3.8) is 0 Å². The molecular formula is C19H26N5O2+. The largest absolute Gasteiger partial charge is 0.356 e. The van der Waals surface area contributed by atoms with Crippen LogP contribution in [0.2, 0.25) is 0 Å². The Hall–Kier alpha value is -2.67. The van der Waals surface area contributed by atoms with E-state index >= 15 is 0 Å². The lowest BCUT2D eigenvalue weighted by atomic mass is 10.1. The fourth-order valence-electron chi connectivity index (χ4n) is 3.47. The summed E-state index contributed by atoms with van der Waals surface area (Å²) in [6.07, 6.45) is 1.91. The molecule has 1 fully saturated rings. The Kier molecular flexibility index (Phi) is 5.08. The minimum absolute atomic E-state index is 0.0506. The first-order valence-electron chi connectivity index (χ1n) is 8.82. The summed E-state index contributed by atoms with van der Waals surface area (Å²) in [5.41, 5.74) is 7.38. The predicted octanol–water partition coefficient (Wildman–Crippen LogP) is 0.497. The second-order valence-electron chi connectivity index (χ2n) is 6.94.